The van der Waals surface area contributed by atoms with Crippen molar-refractivity contribution in [1.29, 1.82) is 0 Å². The first-order valence-corrected chi connectivity index (χ1v) is 4.98. The quantitative estimate of drug-likeness (QED) is 0.429. The Kier molecular flexibility index (Phi) is 2.59. The molecular weight excluding hydrogens is 182 g/mol. The van der Waals surface area contributed by atoms with Crippen LogP contribution in [0.2, 0.25) is 0 Å². The summed E-state index contributed by atoms with van der Waals surface area (Å²) in [5.41, 5.74) is 0. The molecule has 0 saturated heterocycles. The third kappa shape index (κ3) is 2.75. The van der Waals surface area contributed by atoms with E-state index in [0.717, 1.165) is 0 Å². The molecule has 10 heavy (non-hydrogen) atoms. The minimum absolute atomic E-state index is 1.79. The molecule has 0 aliphatic rings. The molecule has 0 bridgehead atoms. The molecular formula is C2H2O6P2-4. The van der Waals surface area contributed by atoms with Crippen molar-refractivity contribution in [1.82, 2.24) is 0 Å². The molecule has 0 rings (SSSR count). The molecule has 0 amide bonds. The van der Waals surface area contributed by atoms with Gasteiger partial charge in [0.2, 0.25) is 0 Å². The Bertz CT molecular complexity index is 206. The Morgan fingerprint density at radius 3 is 1.20 bits per heavy atom. The van der Waals surface area contributed by atoms with Crippen molar-refractivity contribution in [3.63, 3.8) is 0 Å². The molecule has 60 valence electrons. The van der Waals surface area contributed by atoms with Crippen LogP contribution in [0.15, 0.2) is 11.6 Å². The van der Waals surface area contributed by atoms with Gasteiger partial charge >= 0.3 is 0 Å². The fourth-order valence-electron chi connectivity index (χ4n) is 0.150. The van der Waals surface area contributed by atoms with Crippen LogP contribution in [0.3, 0.4) is 0 Å². The second-order valence-electron chi connectivity index (χ2n) is 1.41. The van der Waals surface area contributed by atoms with Crippen LogP contribution >= 0.6 is 15.2 Å². The molecule has 0 aromatic heterocycles. The molecule has 0 aromatic rings. The van der Waals surface area contributed by atoms with E-state index >= 15 is 0 Å². The van der Waals surface area contributed by atoms with E-state index in [9.17, 15) is 28.7 Å². The summed E-state index contributed by atoms with van der Waals surface area (Å²) in [6.45, 7) is 2.32. The molecule has 0 aliphatic carbocycles. The fourth-order valence-corrected chi connectivity index (χ4v) is 1.35. The van der Waals surface area contributed by atoms with E-state index in [1.165, 1.54) is 0 Å². The van der Waals surface area contributed by atoms with Crippen LogP contribution in [0.4, 0.5) is 0 Å². The van der Waals surface area contributed by atoms with Gasteiger partial charge in [-0.15, -0.1) is 0 Å². The number of rotatable bonds is 2. The van der Waals surface area contributed by atoms with Gasteiger partial charge in [0.1, 0.15) is 0 Å². The van der Waals surface area contributed by atoms with Crippen molar-refractivity contribution in [2.45, 2.75) is 0 Å². The maximum atomic E-state index is 9.78. The zero-order chi connectivity index (χ0) is 8.58. The first-order valence-electron chi connectivity index (χ1n) is 1.90. The maximum Gasteiger partial charge on any atom is -0.0129 e. The number of hydrogen-bond acceptors (Lipinski definition) is 6. The molecule has 0 spiro atoms. The Morgan fingerprint density at radius 2 is 1.20 bits per heavy atom. The highest BCUT2D eigenvalue weighted by atomic mass is 31.2. The first-order chi connectivity index (χ1) is 4.15. The Labute approximate surface area is 56.5 Å². The normalized spacial score (nSPS) is 13.2. The second kappa shape index (κ2) is 2.58. The molecule has 0 aliphatic heterocycles. The van der Waals surface area contributed by atoms with E-state index in [1.807, 2.05) is 0 Å². The summed E-state index contributed by atoms with van der Waals surface area (Å²) in [4.78, 5) is 39.1. The summed E-state index contributed by atoms with van der Waals surface area (Å²) in [5, 5.41) is -1.79. The standard InChI is InChI=1S/C2H6O6P2/c1-2(9(3,4)5)10(6,7)8/h1H2,(H2,3,4,5)(H2,6,7,8)/p-4. The molecule has 0 radical (unpaired) electrons. The van der Waals surface area contributed by atoms with Crippen molar-refractivity contribution >= 4 is 15.2 Å². The van der Waals surface area contributed by atoms with Crippen LogP contribution in [-0.2, 0) is 9.13 Å². The molecule has 0 saturated carbocycles. The Hall–Kier alpha value is 0.0400. The highest BCUT2D eigenvalue weighted by molar-refractivity contribution is 7.74. The van der Waals surface area contributed by atoms with Crippen LogP contribution < -0.4 is 19.6 Å². The largest absolute Gasteiger partial charge is 0.807 e. The lowest BCUT2D eigenvalue weighted by Crippen LogP contribution is -2.22. The summed E-state index contributed by atoms with van der Waals surface area (Å²) in [6, 6.07) is 0. The van der Waals surface area contributed by atoms with E-state index in [0.29, 0.717) is 0 Å². The number of hydrogen-bond donors (Lipinski definition) is 0. The summed E-state index contributed by atoms with van der Waals surface area (Å²) < 4.78 is 19.6. The minimum atomic E-state index is -5.46. The Balaban J connectivity index is 4.75. The van der Waals surface area contributed by atoms with Gasteiger partial charge in [-0.1, -0.05) is 6.58 Å². The van der Waals surface area contributed by atoms with E-state index in [-0.39, 0.29) is 0 Å². The topological polar surface area (TPSA) is 126 Å². The zero-order valence-corrected chi connectivity index (χ0v) is 6.34. The average Bonchev–Trinajstić information content (AvgIpc) is 1.59. The van der Waals surface area contributed by atoms with E-state index in [4.69, 9.17) is 0 Å². The van der Waals surface area contributed by atoms with Gasteiger partial charge in [-0.05, 0) is 20.2 Å². The van der Waals surface area contributed by atoms with Gasteiger partial charge in [-0.3, -0.25) is 0 Å². The first kappa shape index (κ1) is 10.0. The van der Waals surface area contributed by atoms with Crippen molar-refractivity contribution < 1.29 is 28.7 Å². The third-order valence-corrected chi connectivity index (χ3v) is 3.37. The third-order valence-electron chi connectivity index (χ3n) is 0.632. The van der Waals surface area contributed by atoms with E-state index in [2.05, 4.69) is 6.58 Å². The van der Waals surface area contributed by atoms with Gasteiger partial charge in [0.15, 0.2) is 0 Å². The monoisotopic (exact) mass is 184 g/mol. The van der Waals surface area contributed by atoms with Crippen LogP contribution in [0, 0.1) is 0 Å². The molecule has 0 heterocycles. The van der Waals surface area contributed by atoms with Gasteiger partial charge in [-0.25, -0.2) is 0 Å². The molecule has 0 atom stereocenters. The van der Waals surface area contributed by atoms with Gasteiger partial charge in [0, 0.05) is 0 Å². The van der Waals surface area contributed by atoms with Crippen LogP contribution in [0.1, 0.15) is 0 Å². The highest BCUT2D eigenvalue weighted by Crippen LogP contribution is 2.52. The lowest BCUT2D eigenvalue weighted by atomic mass is 11.2. The molecule has 6 nitrogen and oxygen atoms in total. The van der Waals surface area contributed by atoms with E-state index in [1.54, 1.807) is 0 Å². The van der Waals surface area contributed by atoms with Crippen LogP contribution in [0.25, 0.3) is 0 Å². The van der Waals surface area contributed by atoms with Gasteiger partial charge in [0.05, 0.1) is 0 Å². The molecule has 8 heteroatoms. The lowest BCUT2D eigenvalue weighted by molar-refractivity contribution is -0.319. The SMILES string of the molecule is C=C(P(=O)([O-])[O-])P(=O)([O-])[O-]. The minimum Gasteiger partial charge on any atom is -0.807 e. The summed E-state index contributed by atoms with van der Waals surface area (Å²) in [5.74, 6) is 0. The molecule has 0 aromatic carbocycles. The smallest absolute Gasteiger partial charge is 0.0129 e. The van der Waals surface area contributed by atoms with Gasteiger partial charge in [-0.2, -0.15) is 0 Å². The Morgan fingerprint density at radius 1 is 1.00 bits per heavy atom. The van der Waals surface area contributed by atoms with Crippen molar-refractivity contribution in [2.24, 2.45) is 0 Å². The van der Waals surface area contributed by atoms with Crippen molar-refractivity contribution in [3.8, 4) is 0 Å². The van der Waals surface area contributed by atoms with Crippen molar-refractivity contribution in [3.05, 3.63) is 11.6 Å². The van der Waals surface area contributed by atoms with Gasteiger partial charge < -0.3 is 28.7 Å². The van der Waals surface area contributed by atoms with Crippen LogP contribution in [0.5, 0.6) is 0 Å². The second-order valence-corrected chi connectivity index (χ2v) is 4.83. The molecule has 0 N–H and O–H groups in total. The van der Waals surface area contributed by atoms with E-state index < -0.39 is 20.2 Å². The molecule has 0 fully saturated rings. The zero-order valence-electron chi connectivity index (χ0n) is 4.55. The highest BCUT2D eigenvalue weighted by Gasteiger charge is 2.01. The summed E-state index contributed by atoms with van der Waals surface area (Å²) >= 11 is 0. The van der Waals surface area contributed by atoms with Gasteiger partial charge in [0.25, 0.3) is 0 Å². The fraction of sp³-hybridized carbons (Fsp3) is 0. The average molecular weight is 184 g/mol. The molecule has 0 unspecified atom stereocenters. The maximum absolute atomic E-state index is 9.78. The van der Waals surface area contributed by atoms with Crippen molar-refractivity contribution in [2.75, 3.05) is 0 Å². The predicted octanol–water partition coefficient (Wildman–Crippen LogP) is -2.71. The summed E-state index contributed by atoms with van der Waals surface area (Å²) in [6.07, 6.45) is 0. The lowest BCUT2D eigenvalue weighted by Gasteiger charge is -2.42. The predicted molar refractivity (Wildman–Crippen MR) is 24.4 cm³/mol. The van der Waals surface area contributed by atoms with Crippen LogP contribution in [-0.4, -0.2) is 0 Å². The summed E-state index contributed by atoms with van der Waals surface area (Å²) in [7, 11) is -10.9.